The van der Waals surface area contributed by atoms with Crippen molar-refractivity contribution >= 4 is 27.4 Å². The van der Waals surface area contributed by atoms with Crippen molar-refractivity contribution in [2.75, 3.05) is 24.5 Å². The highest BCUT2D eigenvalue weighted by Crippen LogP contribution is 2.30. The molecular formula is C11H15N3S. The molecule has 0 atom stereocenters. The van der Waals surface area contributed by atoms with E-state index in [0.717, 1.165) is 18.6 Å². The number of hydrogen-bond donors (Lipinski definition) is 1. The van der Waals surface area contributed by atoms with Gasteiger partial charge in [0.05, 0.1) is 5.52 Å². The lowest BCUT2D eigenvalue weighted by molar-refractivity contribution is 0.827. The van der Waals surface area contributed by atoms with Crippen LogP contribution < -0.4 is 10.6 Å². The van der Waals surface area contributed by atoms with Gasteiger partial charge in [-0.3, -0.25) is 0 Å². The minimum atomic E-state index is 0.681. The third-order valence-electron chi connectivity index (χ3n) is 2.43. The Morgan fingerprint density at radius 3 is 2.93 bits per heavy atom. The predicted molar refractivity (Wildman–Crippen MR) is 66.6 cm³/mol. The van der Waals surface area contributed by atoms with Crippen molar-refractivity contribution in [1.82, 2.24) is 4.37 Å². The van der Waals surface area contributed by atoms with Crippen LogP contribution in [0.5, 0.6) is 0 Å². The van der Waals surface area contributed by atoms with Crippen molar-refractivity contribution in [2.24, 2.45) is 5.73 Å². The van der Waals surface area contributed by atoms with Gasteiger partial charge < -0.3 is 10.6 Å². The Kier molecular flexibility index (Phi) is 3.18. The van der Waals surface area contributed by atoms with Gasteiger partial charge in [0.15, 0.2) is 0 Å². The van der Waals surface area contributed by atoms with E-state index in [9.17, 15) is 0 Å². The molecule has 0 aliphatic rings. The highest BCUT2D eigenvalue weighted by molar-refractivity contribution is 7.11. The zero-order chi connectivity index (χ0) is 10.7. The van der Waals surface area contributed by atoms with E-state index in [1.165, 1.54) is 10.4 Å². The first kappa shape index (κ1) is 10.4. The Morgan fingerprint density at radius 2 is 2.20 bits per heavy atom. The molecular weight excluding hydrogens is 206 g/mol. The van der Waals surface area contributed by atoms with Gasteiger partial charge in [-0.15, -0.1) is 0 Å². The molecule has 2 N–H and O–H groups in total. The molecule has 1 aromatic heterocycles. The fourth-order valence-corrected chi connectivity index (χ4v) is 2.61. The van der Waals surface area contributed by atoms with Crippen LogP contribution in [0, 0.1) is 0 Å². The van der Waals surface area contributed by atoms with Crippen LogP contribution in [0.1, 0.15) is 6.92 Å². The van der Waals surface area contributed by atoms with E-state index in [0.29, 0.717) is 6.54 Å². The second kappa shape index (κ2) is 4.59. The number of nitrogens with zero attached hydrogens (tertiary/aromatic N) is 2. The molecule has 0 amide bonds. The molecule has 80 valence electrons. The first-order chi connectivity index (χ1) is 7.36. The second-order valence-electron chi connectivity index (χ2n) is 3.37. The summed E-state index contributed by atoms with van der Waals surface area (Å²) in [5.41, 5.74) is 6.67. The van der Waals surface area contributed by atoms with Gasteiger partial charge in [-0.25, -0.2) is 0 Å². The first-order valence-corrected chi connectivity index (χ1v) is 5.93. The van der Waals surface area contributed by atoms with Gasteiger partial charge in [0.2, 0.25) is 0 Å². The van der Waals surface area contributed by atoms with E-state index in [1.54, 1.807) is 11.5 Å². The molecule has 3 nitrogen and oxygen atoms in total. The number of nitrogens with two attached hydrogens (primary N) is 1. The summed E-state index contributed by atoms with van der Waals surface area (Å²) in [6, 6.07) is 8.24. The molecule has 0 radical (unpaired) electrons. The normalized spacial score (nSPS) is 10.8. The molecule has 4 heteroatoms. The summed E-state index contributed by atoms with van der Waals surface area (Å²) in [5.74, 6) is 0. The number of aromatic nitrogens is 1. The fourth-order valence-electron chi connectivity index (χ4n) is 1.66. The van der Waals surface area contributed by atoms with E-state index in [4.69, 9.17) is 5.73 Å². The summed E-state index contributed by atoms with van der Waals surface area (Å²) in [5, 5.41) is 2.47. The van der Waals surface area contributed by atoms with Crippen molar-refractivity contribution < 1.29 is 0 Å². The van der Waals surface area contributed by atoms with E-state index in [1.807, 2.05) is 12.1 Å². The Morgan fingerprint density at radius 1 is 1.40 bits per heavy atom. The lowest BCUT2D eigenvalue weighted by Crippen LogP contribution is -2.28. The molecule has 0 aliphatic carbocycles. The van der Waals surface area contributed by atoms with Gasteiger partial charge in [-0.05, 0) is 30.6 Å². The molecule has 0 fully saturated rings. The second-order valence-corrected chi connectivity index (χ2v) is 4.13. The van der Waals surface area contributed by atoms with Gasteiger partial charge in [0.25, 0.3) is 0 Å². The Hall–Kier alpha value is -1.13. The van der Waals surface area contributed by atoms with Crippen molar-refractivity contribution in [3.05, 3.63) is 24.3 Å². The molecule has 0 aliphatic heterocycles. The summed E-state index contributed by atoms with van der Waals surface area (Å²) in [6.45, 7) is 4.69. The van der Waals surface area contributed by atoms with Crippen LogP contribution in [0.25, 0.3) is 10.9 Å². The molecule has 0 unspecified atom stereocenters. The largest absolute Gasteiger partial charge is 0.361 e. The minimum absolute atomic E-state index is 0.681. The van der Waals surface area contributed by atoms with Crippen LogP contribution >= 0.6 is 11.5 Å². The SMILES string of the molecule is CCN(CCN)c1snc2ccccc12. The van der Waals surface area contributed by atoms with Crippen LogP contribution in [-0.4, -0.2) is 24.0 Å². The first-order valence-electron chi connectivity index (χ1n) is 5.16. The van der Waals surface area contributed by atoms with Crippen molar-refractivity contribution in [1.29, 1.82) is 0 Å². The summed E-state index contributed by atoms with van der Waals surface area (Å²) in [7, 11) is 0. The summed E-state index contributed by atoms with van der Waals surface area (Å²) in [4.78, 5) is 2.28. The van der Waals surface area contributed by atoms with Crippen LogP contribution in [0.3, 0.4) is 0 Å². The fraction of sp³-hybridized carbons (Fsp3) is 0.364. The van der Waals surface area contributed by atoms with Gasteiger partial charge in [-0.1, -0.05) is 12.1 Å². The molecule has 0 saturated heterocycles. The summed E-state index contributed by atoms with van der Waals surface area (Å²) >= 11 is 1.56. The van der Waals surface area contributed by atoms with Gasteiger partial charge >= 0.3 is 0 Å². The maximum Gasteiger partial charge on any atom is 0.120 e. The van der Waals surface area contributed by atoms with E-state index in [-0.39, 0.29) is 0 Å². The Balaban J connectivity index is 2.41. The molecule has 2 rings (SSSR count). The number of benzene rings is 1. The number of fused-ring (bicyclic) bond motifs is 1. The van der Waals surface area contributed by atoms with E-state index < -0.39 is 0 Å². The van der Waals surface area contributed by atoms with Crippen LogP contribution in [-0.2, 0) is 0 Å². The standard InChI is InChI=1S/C11H15N3S/c1-2-14(8-7-12)11-9-5-3-4-6-10(9)13-15-11/h3-6H,2,7-8,12H2,1H3. The molecule has 1 aromatic carbocycles. The zero-order valence-corrected chi connectivity index (χ0v) is 9.63. The third kappa shape index (κ3) is 1.96. The van der Waals surface area contributed by atoms with Gasteiger partial charge in [-0.2, -0.15) is 4.37 Å². The number of hydrogen-bond acceptors (Lipinski definition) is 4. The van der Waals surface area contributed by atoms with Gasteiger partial charge in [0.1, 0.15) is 5.00 Å². The summed E-state index contributed by atoms with van der Waals surface area (Å²) < 4.78 is 4.43. The maximum atomic E-state index is 5.60. The highest BCUT2D eigenvalue weighted by Gasteiger charge is 2.10. The predicted octanol–water partition coefficient (Wildman–Crippen LogP) is 2.08. The monoisotopic (exact) mass is 221 g/mol. The molecule has 2 aromatic rings. The lowest BCUT2D eigenvalue weighted by Gasteiger charge is -2.19. The topological polar surface area (TPSA) is 42.1 Å². The average molecular weight is 221 g/mol. The molecule has 0 bridgehead atoms. The smallest absolute Gasteiger partial charge is 0.120 e. The number of likely N-dealkylation sites (N-methyl/N-ethyl adjacent to an activating group) is 1. The third-order valence-corrected chi connectivity index (χ3v) is 3.37. The molecule has 15 heavy (non-hydrogen) atoms. The van der Waals surface area contributed by atoms with E-state index >= 15 is 0 Å². The Bertz CT molecular complexity index is 438. The summed E-state index contributed by atoms with van der Waals surface area (Å²) in [6.07, 6.45) is 0. The van der Waals surface area contributed by atoms with Gasteiger partial charge in [0, 0.05) is 25.0 Å². The van der Waals surface area contributed by atoms with Crippen LogP contribution in [0.4, 0.5) is 5.00 Å². The minimum Gasteiger partial charge on any atom is -0.361 e. The van der Waals surface area contributed by atoms with E-state index in [2.05, 4.69) is 28.3 Å². The molecule has 0 spiro atoms. The average Bonchev–Trinajstić information content (AvgIpc) is 2.70. The van der Waals surface area contributed by atoms with Crippen molar-refractivity contribution in [2.45, 2.75) is 6.92 Å². The van der Waals surface area contributed by atoms with Crippen LogP contribution in [0.2, 0.25) is 0 Å². The quantitative estimate of drug-likeness (QED) is 0.859. The highest BCUT2D eigenvalue weighted by atomic mass is 32.1. The molecule has 1 heterocycles. The van der Waals surface area contributed by atoms with Crippen LogP contribution in [0.15, 0.2) is 24.3 Å². The number of anilines is 1. The lowest BCUT2D eigenvalue weighted by atomic mass is 10.2. The van der Waals surface area contributed by atoms with Crippen molar-refractivity contribution in [3.8, 4) is 0 Å². The Labute approximate surface area is 93.7 Å². The maximum absolute atomic E-state index is 5.60. The zero-order valence-electron chi connectivity index (χ0n) is 8.81. The molecule has 0 saturated carbocycles. The number of rotatable bonds is 4. The van der Waals surface area contributed by atoms with Crippen molar-refractivity contribution in [3.63, 3.8) is 0 Å².